The summed E-state index contributed by atoms with van der Waals surface area (Å²) in [7, 11) is 1.18. The lowest BCUT2D eigenvalue weighted by atomic mass is 10.2. The highest BCUT2D eigenvalue weighted by Gasteiger charge is 2.17. The van der Waals surface area contributed by atoms with E-state index in [0.717, 1.165) is 36.3 Å². The van der Waals surface area contributed by atoms with Gasteiger partial charge in [-0.2, -0.15) is 0 Å². The summed E-state index contributed by atoms with van der Waals surface area (Å²) in [4.78, 5) is 54.6. The second kappa shape index (κ2) is 7.12. The monoisotopic (exact) mass is 440 g/mol. The van der Waals surface area contributed by atoms with Crippen LogP contribution in [0.5, 0.6) is 0 Å². The predicted octanol–water partition coefficient (Wildman–Crippen LogP) is 0.0679. The Labute approximate surface area is 169 Å². The molecule has 0 amide bonds. The van der Waals surface area contributed by atoms with Gasteiger partial charge in [-0.15, -0.1) is 0 Å². The van der Waals surface area contributed by atoms with Gasteiger partial charge in [-0.25, -0.2) is 37.6 Å². The van der Waals surface area contributed by atoms with Gasteiger partial charge in [0.05, 0.1) is 10.7 Å². The molecule has 3 aromatic rings. The average molecular weight is 441 g/mol. The highest BCUT2D eigenvalue weighted by Crippen LogP contribution is 2.27. The van der Waals surface area contributed by atoms with Crippen LogP contribution < -0.4 is 26.7 Å². The van der Waals surface area contributed by atoms with E-state index in [0.29, 0.717) is 27.0 Å². The summed E-state index contributed by atoms with van der Waals surface area (Å²) < 4.78 is 19.0. The Morgan fingerprint density at radius 3 is 2.52 bits per heavy atom. The van der Waals surface area contributed by atoms with Gasteiger partial charge < -0.3 is 0 Å². The van der Waals surface area contributed by atoms with E-state index in [1.54, 1.807) is 9.36 Å². The molecule has 0 saturated carbocycles. The molecule has 0 unspecified atom stereocenters. The normalized spacial score (nSPS) is 14.2. The number of H-pyrrole nitrogens is 1. The molecule has 0 radical (unpaired) electrons. The fourth-order valence-electron chi connectivity index (χ4n) is 3.07. The van der Waals surface area contributed by atoms with Crippen molar-refractivity contribution in [2.24, 2.45) is 12.0 Å². The first-order valence-corrected chi connectivity index (χ1v) is 9.74. The molecule has 10 nitrogen and oxygen atoms in total. The maximum absolute atomic E-state index is 14.5. The van der Waals surface area contributed by atoms with Crippen LogP contribution in [0.4, 0.5) is 10.1 Å². The van der Waals surface area contributed by atoms with Gasteiger partial charge in [0.15, 0.2) is 5.82 Å². The van der Waals surface area contributed by atoms with Crippen LogP contribution in [0, 0.1) is 5.82 Å². The SMILES string of the molecule is Cn1c(=O)[nH]c(=O)n(-c2cc(N=c3sc(=O)n4n3CCCC4)c(F)cc2Cl)c1=O. The smallest absolute Gasteiger partial charge is 0.258 e. The molecule has 0 atom stereocenters. The quantitative estimate of drug-likeness (QED) is 0.606. The first-order chi connectivity index (χ1) is 13.8. The molecule has 152 valence electrons. The van der Waals surface area contributed by atoms with Crippen molar-refractivity contribution in [3.05, 3.63) is 68.9 Å². The molecule has 0 saturated heterocycles. The van der Waals surface area contributed by atoms with E-state index in [4.69, 9.17) is 11.6 Å². The highest BCUT2D eigenvalue weighted by atomic mass is 35.5. The van der Waals surface area contributed by atoms with E-state index in [1.165, 1.54) is 7.05 Å². The number of rotatable bonds is 2. The van der Waals surface area contributed by atoms with E-state index in [1.807, 2.05) is 4.98 Å². The summed E-state index contributed by atoms with van der Waals surface area (Å²) in [6.07, 6.45) is 1.73. The zero-order valence-electron chi connectivity index (χ0n) is 15.0. The summed E-state index contributed by atoms with van der Waals surface area (Å²) in [5.74, 6) is -0.788. The average Bonchev–Trinajstić information content (AvgIpc) is 2.99. The van der Waals surface area contributed by atoms with Gasteiger partial charge in [-0.1, -0.05) is 11.6 Å². The molecule has 2 aromatic heterocycles. The Kier molecular flexibility index (Phi) is 4.74. The summed E-state index contributed by atoms with van der Waals surface area (Å²) in [6.45, 7) is 1.13. The molecule has 0 aliphatic carbocycles. The largest absolute Gasteiger partial charge is 0.340 e. The Hall–Kier alpha value is -2.99. The van der Waals surface area contributed by atoms with E-state index >= 15 is 0 Å². The van der Waals surface area contributed by atoms with Gasteiger partial charge in [-0.05, 0) is 36.3 Å². The van der Waals surface area contributed by atoms with Crippen LogP contribution in [0.15, 0.2) is 36.3 Å². The topological polar surface area (TPSA) is 116 Å². The molecule has 4 rings (SSSR count). The Bertz CT molecular complexity index is 1440. The Morgan fingerprint density at radius 2 is 1.79 bits per heavy atom. The first kappa shape index (κ1) is 19.3. The molecule has 1 aliphatic rings. The van der Waals surface area contributed by atoms with Crippen LogP contribution in [0.25, 0.3) is 5.69 Å². The molecule has 13 heteroatoms. The molecular formula is C16H14ClFN6O4S. The van der Waals surface area contributed by atoms with Crippen LogP contribution in [0.3, 0.4) is 0 Å². The van der Waals surface area contributed by atoms with Crippen LogP contribution in [-0.4, -0.2) is 23.5 Å². The summed E-state index contributed by atoms with van der Waals surface area (Å²) >= 11 is 6.93. The summed E-state index contributed by atoms with van der Waals surface area (Å²) in [6, 6.07) is 2.05. The third-order valence-corrected chi connectivity index (χ3v) is 5.74. The summed E-state index contributed by atoms with van der Waals surface area (Å²) in [5, 5.41) is -0.215. The number of fused-ring (bicyclic) bond motifs is 1. The fraction of sp³-hybridized carbons (Fsp3) is 0.312. The van der Waals surface area contributed by atoms with E-state index in [9.17, 15) is 23.6 Å². The van der Waals surface area contributed by atoms with Crippen LogP contribution in [0.2, 0.25) is 5.02 Å². The molecule has 0 spiro atoms. The Morgan fingerprint density at radius 1 is 1.10 bits per heavy atom. The molecule has 29 heavy (non-hydrogen) atoms. The van der Waals surface area contributed by atoms with Crippen molar-refractivity contribution >= 4 is 28.6 Å². The van der Waals surface area contributed by atoms with Gasteiger partial charge in [-0.3, -0.25) is 14.5 Å². The van der Waals surface area contributed by atoms with E-state index in [-0.39, 0.29) is 21.3 Å². The van der Waals surface area contributed by atoms with E-state index in [2.05, 4.69) is 4.99 Å². The van der Waals surface area contributed by atoms with Gasteiger partial charge in [0.25, 0.3) is 0 Å². The van der Waals surface area contributed by atoms with Crippen molar-refractivity contribution in [2.45, 2.75) is 25.9 Å². The second-order valence-corrected chi connectivity index (χ2v) is 7.71. The zero-order chi connectivity index (χ0) is 20.9. The molecule has 3 heterocycles. The minimum absolute atomic E-state index is 0.140. The van der Waals surface area contributed by atoms with Gasteiger partial charge in [0.2, 0.25) is 4.80 Å². The number of hydrogen-bond acceptors (Lipinski definition) is 6. The highest BCUT2D eigenvalue weighted by molar-refractivity contribution is 7.06. The second-order valence-electron chi connectivity index (χ2n) is 6.38. The van der Waals surface area contributed by atoms with Crippen molar-refractivity contribution in [3.63, 3.8) is 0 Å². The van der Waals surface area contributed by atoms with Crippen LogP contribution >= 0.6 is 22.9 Å². The fourth-order valence-corrected chi connectivity index (χ4v) is 4.20. The number of hydrogen-bond donors (Lipinski definition) is 1. The number of benzene rings is 1. The number of aromatic amines is 1. The van der Waals surface area contributed by atoms with Gasteiger partial charge in [0.1, 0.15) is 5.69 Å². The standard InChI is InChI=1S/C16H14ClFN6O4S/c1-21-12(25)20-13(26)24(15(21)27)11-7-10(9(18)6-8(11)17)19-14-22-4-2-3-5-23(22)16(28)29-14/h6-7H,2-5H2,1H3,(H,20,25,26). The maximum atomic E-state index is 14.5. The third-order valence-electron chi connectivity index (χ3n) is 4.56. The van der Waals surface area contributed by atoms with Crippen LogP contribution in [-0.2, 0) is 20.1 Å². The van der Waals surface area contributed by atoms with Crippen molar-refractivity contribution in [2.75, 3.05) is 0 Å². The number of nitrogens with zero attached hydrogens (tertiary/aromatic N) is 5. The lowest BCUT2D eigenvalue weighted by molar-refractivity contribution is 0.345. The molecule has 1 aliphatic heterocycles. The predicted molar refractivity (Wildman–Crippen MR) is 104 cm³/mol. The molecular weight excluding hydrogens is 427 g/mol. The summed E-state index contributed by atoms with van der Waals surface area (Å²) in [5.41, 5.74) is -3.19. The lowest BCUT2D eigenvalue weighted by Gasteiger charge is -2.15. The zero-order valence-corrected chi connectivity index (χ0v) is 16.6. The molecule has 0 fully saturated rings. The molecule has 0 bridgehead atoms. The van der Waals surface area contributed by atoms with Gasteiger partial charge in [0, 0.05) is 20.1 Å². The number of nitrogens with one attached hydrogen (secondary N) is 1. The minimum atomic E-state index is -1.02. The Balaban J connectivity index is 1.98. The van der Waals surface area contributed by atoms with Crippen molar-refractivity contribution in [1.29, 1.82) is 0 Å². The van der Waals surface area contributed by atoms with E-state index < -0.39 is 22.9 Å². The van der Waals surface area contributed by atoms with Gasteiger partial charge >= 0.3 is 21.9 Å². The van der Waals surface area contributed by atoms with Crippen molar-refractivity contribution in [3.8, 4) is 5.69 Å². The van der Waals surface area contributed by atoms with Crippen LogP contribution in [0.1, 0.15) is 12.8 Å². The number of halogens is 2. The lowest BCUT2D eigenvalue weighted by Crippen LogP contribution is -2.47. The molecule has 1 N–H and O–H groups in total. The third kappa shape index (κ3) is 3.23. The minimum Gasteiger partial charge on any atom is -0.258 e. The van der Waals surface area contributed by atoms with Crippen molar-refractivity contribution in [1.82, 2.24) is 23.5 Å². The first-order valence-electron chi connectivity index (χ1n) is 8.55. The number of aromatic nitrogens is 5. The molecule has 1 aromatic carbocycles. The van der Waals surface area contributed by atoms with Crippen molar-refractivity contribution < 1.29 is 4.39 Å². The maximum Gasteiger partial charge on any atom is 0.340 e.